The van der Waals surface area contributed by atoms with Gasteiger partial charge in [-0.25, -0.2) is 8.42 Å². The number of aliphatic hydroxyl groups is 1. The molecule has 1 atom stereocenters. The summed E-state index contributed by atoms with van der Waals surface area (Å²) < 4.78 is 22.7. The number of unbranched alkanes of at least 4 members (excludes halogenated alkanes) is 1. The van der Waals surface area contributed by atoms with E-state index >= 15 is 0 Å². The van der Waals surface area contributed by atoms with E-state index in [1.807, 2.05) is 6.92 Å². The van der Waals surface area contributed by atoms with Crippen molar-refractivity contribution >= 4 is 15.7 Å². The molecule has 6 heteroatoms. The van der Waals surface area contributed by atoms with Crippen LogP contribution in [-0.4, -0.2) is 55.0 Å². The van der Waals surface area contributed by atoms with Gasteiger partial charge in [-0.3, -0.25) is 4.79 Å². The van der Waals surface area contributed by atoms with Crippen molar-refractivity contribution in [2.24, 2.45) is 0 Å². The van der Waals surface area contributed by atoms with Crippen LogP contribution >= 0.6 is 0 Å². The van der Waals surface area contributed by atoms with Crippen molar-refractivity contribution in [3.63, 3.8) is 0 Å². The fourth-order valence-electron chi connectivity index (χ4n) is 2.19. The number of hydrogen-bond donors (Lipinski definition) is 1. The molecule has 1 heterocycles. The van der Waals surface area contributed by atoms with Gasteiger partial charge >= 0.3 is 0 Å². The van der Waals surface area contributed by atoms with E-state index in [-0.39, 0.29) is 30.1 Å². The van der Waals surface area contributed by atoms with Crippen LogP contribution in [0.25, 0.3) is 0 Å². The van der Waals surface area contributed by atoms with Gasteiger partial charge in [-0.05, 0) is 26.2 Å². The minimum absolute atomic E-state index is 0.00282. The number of sulfone groups is 1. The Labute approximate surface area is 103 Å². The average molecular weight is 263 g/mol. The standard InChI is InChI=1S/C11H21NO4S/c1-2-12(11(14)5-3-4-7-13)10-6-8-17(15,16)9-10/h10,13H,2-9H2,1H3. The summed E-state index contributed by atoms with van der Waals surface area (Å²) >= 11 is 0. The van der Waals surface area contributed by atoms with E-state index in [0.717, 1.165) is 0 Å². The molecule has 0 aliphatic carbocycles. The van der Waals surface area contributed by atoms with Gasteiger partial charge in [0.05, 0.1) is 11.5 Å². The van der Waals surface area contributed by atoms with Crippen LogP contribution in [0.4, 0.5) is 0 Å². The Kier molecular flexibility index (Phi) is 5.39. The zero-order valence-electron chi connectivity index (χ0n) is 10.3. The molecule has 0 aromatic heterocycles. The monoisotopic (exact) mass is 263 g/mol. The summed E-state index contributed by atoms with van der Waals surface area (Å²) in [7, 11) is -2.94. The number of amides is 1. The normalized spacial score (nSPS) is 22.6. The van der Waals surface area contributed by atoms with Gasteiger partial charge in [0.15, 0.2) is 9.84 Å². The summed E-state index contributed by atoms with van der Waals surface area (Å²) in [5.41, 5.74) is 0. The molecule has 17 heavy (non-hydrogen) atoms. The molecular formula is C11H21NO4S. The van der Waals surface area contributed by atoms with Gasteiger partial charge in [0, 0.05) is 25.6 Å². The van der Waals surface area contributed by atoms with E-state index < -0.39 is 9.84 Å². The molecule has 1 aliphatic rings. The number of carbonyl (C=O) groups is 1. The molecular weight excluding hydrogens is 242 g/mol. The molecule has 1 saturated heterocycles. The van der Waals surface area contributed by atoms with Crippen LogP contribution in [0, 0.1) is 0 Å². The first-order valence-electron chi connectivity index (χ1n) is 6.11. The molecule has 5 nitrogen and oxygen atoms in total. The lowest BCUT2D eigenvalue weighted by Gasteiger charge is -2.26. The molecule has 100 valence electrons. The van der Waals surface area contributed by atoms with Gasteiger partial charge < -0.3 is 10.0 Å². The van der Waals surface area contributed by atoms with Gasteiger partial charge in [0.2, 0.25) is 5.91 Å². The molecule has 1 fully saturated rings. The third-order valence-corrected chi connectivity index (χ3v) is 4.86. The predicted molar refractivity (Wildman–Crippen MR) is 65.4 cm³/mol. The fraction of sp³-hybridized carbons (Fsp3) is 0.909. The van der Waals surface area contributed by atoms with Gasteiger partial charge in [-0.15, -0.1) is 0 Å². The molecule has 1 unspecified atom stereocenters. The van der Waals surface area contributed by atoms with Crippen LogP contribution < -0.4 is 0 Å². The number of nitrogens with zero attached hydrogens (tertiary/aromatic N) is 1. The SMILES string of the molecule is CCN(C(=O)CCCCO)C1CCS(=O)(=O)C1. The Morgan fingerprint density at radius 1 is 1.41 bits per heavy atom. The molecule has 0 aromatic carbocycles. The van der Waals surface area contributed by atoms with Crippen molar-refractivity contribution in [2.75, 3.05) is 24.7 Å². The van der Waals surface area contributed by atoms with Crippen molar-refractivity contribution in [1.29, 1.82) is 0 Å². The van der Waals surface area contributed by atoms with E-state index in [9.17, 15) is 13.2 Å². The Morgan fingerprint density at radius 2 is 2.12 bits per heavy atom. The van der Waals surface area contributed by atoms with Gasteiger partial charge in [0.1, 0.15) is 0 Å². The lowest BCUT2D eigenvalue weighted by atomic mass is 10.1. The third kappa shape index (κ3) is 4.27. The summed E-state index contributed by atoms with van der Waals surface area (Å²) in [6.07, 6.45) is 2.23. The quantitative estimate of drug-likeness (QED) is 0.694. The summed E-state index contributed by atoms with van der Waals surface area (Å²) in [5.74, 6) is 0.299. The minimum Gasteiger partial charge on any atom is -0.396 e. The highest BCUT2D eigenvalue weighted by atomic mass is 32.2. The maximum Gasteiger partial charge on any atom is 0.222 e. The lowest BCUT2D eigenvalue weighted by Crippen LogP contribution is -2.40. The molecule has 1 N–H and O–H groups in total. The van der Waals surface area contributed by atoms with Crippen molar-refractivity contribution in [2.45, 2.75) is 38.6 Å². The first-order valence-corrected chi connectivity index (χ1v) is 7.93. The zero-order valence-corrected chi connectivity index (χ0v) is 11.1. The van der Waals surface area contributed by atoms with Crippen LogP contribution in [0.2, 0.25) is 0 Å². The van der Waals surface area contributed by atoms with Gasteiger partial charge in [-0.2, -0.15) is 0 Å². The predicted octanol–water partition coefficient (Wildman–Crippen LogP) is 0.185. The maximum atomic E-state index is 11.9. The largest absolute Gasteiger partial charge is 0.396 e. The van der Waals surface area contributed by atoms with Crippen LogP contribution in [0.3, 0.4) is 0 Å². The third-order valence-electron chi connectivity index (χ3n) is 3.11. The fourth-order valence-corrected chi connectivity index (χ4v) is 3.92. The summed E-state index contributed by atoms with van der Waals surface area (Å²) in [6.45, 7) is 2.52. The Morgan fingerprint density at radius 3 is 2.59 bits per heavy atom. The second kappa shape index (κ2) is 6.35. The van der Waals surface area contributed by atoms with Crippen molar-refractivity contribution in [3.8, 4) is 0 Å². The average Bonchev–Trinajstić information content (AvgIpc) is 2.60. The summed E-state index contributed by atoms with van der Waals surface area (Å²) in [5, 5.41) is 8.65. The molecule has 1 rings (SSSR count). The highest BCUT2D eigenvalue weighted by Gasteiger charge is 2.33. The first kappa shape index (κ1) is 14.4. The summed E-state index contributed by atoms with van der Waals surface area (Å²) in [6, 6.07) is -0.147. The molecule has 0 bridgehead atoms. The second-order valence-corrected chi connectivity index (χ2v) is 6.65. The smallest absolute Gasteiger partial charge is 0.222 e. The number of rotatable bonds is 6. The molecule has 0 spiro atoms. The van der Waals surface area contributed by atoms with E-state index in [0.29, 0.717) is 32.2 Å². The topological polar surface area (TPSA) is 74.7 Å². The van der Waals surface area contributed by atoms with E-state index in [2.05, 4.69) is 0 Å². The highest BCUT2D eigenvalue weighted by Crippen LogP contribution is 2.18. The van der Waals surface area contributed by atoms with E-state index in [1.54, 1.807) is 4.90 Å². The Hall–Kier alpha value is -0.620. The van der Waals surface area contributed by atoms with Gasteiger partial charge in [-0.1, -0.05) is 0 Å². The van der Waals surface area contributed by atoms with Crippen molar-refractivity contribution in [1.82, 2.24) is 4.90 Å². The highest BCUT2D eigenvalue weighted by molar-refractivity contribution is 7.91. The second-order valence-electron chi connectivity index (χ2n) is 4.42. The van der Waals surface area contributed by atoms with Gasteiger partial charge in [0.25, 0.3) is 0 Å². The van der Waals surface area contributed by atoms with Crippen LogP contribution in [0.5, 0.6) is 0 Å². The Bertz CT molecular complexity index is 352. The molecule has 0 radical (unpaired) electrons. The molecule has 0 saturated carbocycles. The molecule has 1 amide bonds. The molecule has 0 aromatic rings. The van der Waals surface area contributed by atoms with E-state index in [1.165, 1.54) is 0 Å². The van der Waals surface area contributed by atoms with Crippen molar-refractivity contribution < 1.29 is 18.3 Å². The first-order chi connectivity index (χ1) is 8.00. The van der Waals surface area contributed by atoms with Crippen LogP contribution in [-0.2, 0) is 14.6 Å². The lowest BCUT2D eigenvalue weighted by molar-refractivity contribution is -0.133. The van der Waals surface area contributed by atoms with Crippen LogP contribution in [0.1, 0.15) is 32.6 Å². The summed E-state index contributed by atoms with van der Waals surface area (Å²) in [4.78, 5) is 13.6. The molecule has 1 aliphatic heterocycles. The maximum absolute atomic E-state index is 11.9. The van der Waals surface area contributed by atoms with Crippen molar-refractivity contribution in [3.05, 3.63) is 0 Å². The number of hydrogen-bond acceptors (Lipinski definition) is 4. The van der Waals surface area contributed by atoms with E-state index in [4.69, 9.17) is 5.11 Å². The number of carbonyl (C=O) groups excluding carboxylic acids is 1. The minimum atomic E-state index is -2.94. The zero-order chi connectivity index (χ0) is 12.9. The Balaban J connectivity index is 2.50. The van der Waals surface area contributed by atoms with Crippen LogP contribution in [0.15, 0.2) is 0 Å². The number of aliphatic hydroxyl groups excluding tert-OH is 1.